The summed E-state index contributed by atoms with van der Waals surface area (Å²) in [7, 11) is 0. The summed E-state index contributed by atoms with van der Waals surface area (Å²) in [4.78, 5) is 0. The first-order valence-corrected chi connectivity index (χ1v) is 4.93. The van der Waals surface area contributed by atoms with E-state index in [1.165, 1.54) is 0 Å². The normalized spacial score (nSPS) is 12.5. The minimum Gasteiger partial charge on any atom is -0.491 e. The number of aliphatic hydroxyl groups is 1. The number of rotatable bonds is 5. The molecule has 0 spiro atoms. The highest BCUT2D eigenvalue weighted by Gasteiger charge is 2.02. The summed E-state index contributed by atoms with van der Waals surface area (Å²) in [6, 6.07) is 9.47. The molecule has 1 N–H and O–H groups in total. The summed E-state index contributed by atoms with van der Waals surface area (Å²) < 4.78 is 5.34. The van der Waals surface area contributed by atoms with Crippen molar-refractivity contribution in [3.05, 3.63) is 30.3 Å². The molecule has 0 aromatic heterocycles. The number of ether oxygens (including phenoxy) is 1. The number of hydrogen-bond acceptors (Lipinski definition) is 3. The van der Waals surface area contributed by atoms with Gasteiger partial charge in [-0.2, -0.15) is 12.6 Å². The van der Waals surface area contributed by atoms with Crippen LogP contribution in [0.5, 0.6) is 5.75 Å². The van der Waals surface area contributed by atoms with E-state index in [0.717, 1.165) is 5.75 Å². The van der Waals surface area contributed by atoms with Crippen molar-refractivity contribution >= 4 is 12.6 Å². The second kappa shape index (κ2) is 5.89. The van der Waals surface area contributed by atoms with Gasteiger partial charge in [-0.25, -0.2) is 0 Å². The van der Waals surface area contributed by atoms with Gasteiger partial charge in [0.2, 0.25) is 0 Å². The maximum Gasteiger partial charge on any atom is 0.119 e. The lowest BCUT2D eigenvalue weighted by Gasteiger charge is -2.10. The van der Waals surface area contributed by atoms with Gasteiger partial charge in [0, 0.05) is 0 Å². The van der Waals surface area contributed by atoms with Crippen LogP contribution in [-0.4, -0.2) is 23.6 Å². The fourth-order valence-corrected chi connectivity index (χ4v) is 1.24. The number of hydrogen-bond donors (Lipinski definition) is 2. The quantitative estimate of drug-likeness (QED) is 0.706. The number of para-hydroxylation sites is 1. The maximum absolute atomic E-state index is 9.34. The summed E-state index contributed by atoms with van der Waals surface area (Å²) in [5.74, 6) is 1.47. The molecule has 2 nitrogen and oxygen atoms in total. The van der Waals surface area contributed by atoms with Crippen molar-refractivity contribution in [1.29, 1.82) is 0 Å². The molecular formula is C10H14O2S. The van der Waals surface area contributed by atoms with Crippen molar-refractivity contribution in [2.24, 2.45) is 0 Å². The van der Waals surface area contributed by atoms with Crippen molar-refractivity contribution < 1.29 is 9.84 Å². The fourth-order valence-electron chi connectivity index (χ4n) is 0.941. The van der Waals surface area contributed by atoms with Gasteiger partial charge in [0.1, 0.15) is 12.4 Å². The molecule has 0 aliphatic carbocycles. The van der Waals surface area contributed by atoms with Crippen LogP contribution < -0.4 is 4.74 Å². The lowest BCUT2D eigenvalue weighted by Crippen LogP contribution is -2.17. The van der Waals surface area contributed by atoms with Crippen LogP contribution in [0.1, 0.15) is 6.42 Å². The van der Waals surface area contributed by atoms with Gasteiger partial charge in [0.15, 0.2) is 0 Å². The molecule has 72 valence electrons. The molecule has 0 saturated carbocycles. The summed E-state index contributed by atoms with van der Waals surface area (Å²) in [6.45, 7) is 0.338. The summed E-state index contributed by atoms with van der Waals surface area (Å²) in [5, 5.41) is 9.34. The monoisotopic (exact) mass is 198 g/mol. The van der Waals surface area contributed by atoms with E-state index < -0.39 is 6.10 Å². The van der Waals surface area contributed by atoms with Crippen LogP contribution >= 0.6 is 12.6 Å². The molecule has 1 rings (SSSR count). The second-order valence-electron chi connectivity index (χ2n) is 2.79. The van der Waals surface area contributed by atoms with E-state index in [1.807, 2.05) is 30.3 Å². The van der Waals surface area contributed by atoms with E-state index in [0.29, 0.717) is 18.8 Å². The molecule has 0 heterocycles. The van der Waals surface area contributed by atoms with Gasteiger partial charge in [0.05, 0.1) is 6.10 Å². The molecule has 13 heavy (non-hydrogen) atoms. The smallest absolute Gasteiger partial charge is 0.119 e. The van der Waals surface area contributed by atoms with E-state index in [4.69, 9.17) is 4.74 Å². The molecule has 1 atom stereocenters. The third-order valence-corrected chi connectivity index (χ3v) is 1.91. The Kier molecular flexibility index (Phi) is 4.72. The van der Waals surface area contributed by atoms with Gasteiger partial charge in [-0.15, -0.1) is 0 Å². The van der Waals surface area contributed by atoms with Gasteiger partial charge in [-0.3, -0.25) is 0 Å². The standard InChI is InChI=1S/C10H14O2S/c11-9(6-7-13)8-12-10-4-2-1-3-5-10/h1-5,9,11,13H,6-8H2. The van der Waals surface area contributed by atoms with E-state index in [2.05, 4.69) is 12.6 Å². The van der Waals surface area contributed by atoms with Gasteiger partial charge in [0.25, 0.3) is 0 Å². The zero-order chi connectivity index (χ0) is 9.52. The van der Waals surface area contributed by atoms with E-state index >= 15 is 0 Å². The summed E-state index contributed by atoms with van der Waals surface area (Å²) in [6.07, 6.45) is 0.244. The van der Waals surface area contributed by atoms with Crippen LogP contribution in [0.25, 0.3) is 0 Å². The topological polar surface area (TPSA) is 29.5 Å². The third-order valence-electron chi connectivity index (χ3n) is 1.65. The lowest BCUT2D eigenvalue weighted by molar-refractivity contribution is 0.105. The van der Waals surface area contributed by atoms with Gasteiger partial charge < -0.3 is 9.84 Å². The molecule has 0 saturated heterocycles. The first kappa shape index (κ1) is 10.4. The van der Waals surface area contributed by atoms with E-state index in [1.54, 1.807) is 0 Å². The number of aliphatic hydroxyl groups excluding tert-OH is 1. The second-order valence-corrected chi connectivity index (χ2v) is 3.24. The Hall–Kier alpha value is -0.670. The highest BCUT2D eigenvalue weighted by atomic mass is 32.1. The van der Waals surface area contributed by atoms with Crippen molar-refractivity contribution in [2.45, 2.75) is 12.5 Å². The van der Waals surface area contributed by atoms with Crippen LogP contribution in [0.2, 0.25) is 0 Å². The molecule has 1 aromatic carbocycles. The molecular weight excluding hydrogens is 184 g/mol. The molecule has 0 fully saturated rings. The highest BCUT2D eigenvalue weighted by Crippen LogP contribution is 2.09. The molecule has 3 heteroatoms. The first-order valence-electron chi connectivity index (χ1n) is 4.29. The zero-order valence-corrected chi connectivity index (χ0v) is 8.28. The minimum absolute atomic E-state index is 0.338. The number of thiol groups is 1. The predicted molar refractivity (Wildman–Crippen MR) is 56.4 cm³/mol. The Morgan fingerprint density at radius 3 is 2.62 bits per heavy atom. The van der Waals surface area contributed by atoms with Gasteiger partial charge in [-0.1, -0.05) is 18.2 Å². The Balaban J connectivity index is 2.27. The van der Waals surface area contributed by atoms with Crippen molar-refractivity contribution in [3.63, 3.8) is 0 Å². The average molecular weight is 198 g/mol. The average Bonchev–Trinajstić information content (AvgIpc) is 2.17. The highest BCUT2D eigenvalue weighted by molar-refractivity contribution is 7.80. The Morgan fingerprint density at radius 1 is 1.31 bits per heavy atom. The molecule has 0 bridgehead atoms. The molecule has 1 unspecified atom stereocenters. The molecule has 0 aliphatic rings. The molecule has 0 radical (unpaired) electrons. The van der Waals surface area contributed by atoms with Crippen LogP contribution in [0, 0.1) is 0 Å². The van der Waals surface area contributed by atoms with Crippen molar-refractivity contribution in [1.82, 2.24) is 0 Å². The summed E-state index contributed by atoms with van der Waals surface area (Å²) in [5.41, 5.74) is 0. The lowest BCUT2D eigenvalue weighted by atomic mass is 10.3. The molecule has 0 aliphatic heterocycles. The molecule has 1 aromatic rings. The predicted octanol–water partition coefficient (Wildman–Crippen LogP) is 1.75. The van der Waals surface area contributed by atoms with Crippen LogP contribution in [0.15, 0.2) is 30.3 Å². The largest absolute Gasteiger partial charge is 0.491 e. The van der Waals surface area contributed by atoms with E-state index in [9.17, 15) is 5.11 Å². The molecule has 0 amide bonds. The summed E-state index contributed by atoms with van der Waals surface area (Å²) >= 11 is 4.02. The first-order chi connectivity index (χ1) is 6.33. The number of benzene rings is 1. The minimum atomic E-state index is -0.419. The Labute approximate surface area is 84.0 Å². The third kappa shape index (κ3) is 4.20. The Bertz CT molecular complexity index is 226. The SMILES string of the molecule is OC(CCS)COc1ccccc1. The van der Waals surface area contributed by atoms with Crippen molar-refractivity contribution in [3.8, 4) is 5.75 Å². The maximum atomic E-state index is 9.34. The van der Waals surface area contributed by atoms with Crippen LogP contribution in [0.3, 0.4) is 0 Å². The van der Waals surface area contributed by atoms with Crippen LogP contribution in [0.4, 0.5) is 0 Å². The van der Waals surface area contributed by atoms with Gasteiger partial charge in [-0.05, 0) is 24.3 Å². The van der Waals surface area contributed by atoms with Gasteiger partial charge >= 0.3 is 0 Å². The van der Waals surface area contributed by atoms with E-state index in [-0.39, 0.29) is 0 Å². The van der Waals surface area contributed by atoms with Crippen LogP contribution in [-0.2, 0) is 0 Å². The zero-order valence-electron chi connectivity index (χ0n) is 7.39. The fraction of sp³-hybridized carbons (Fsp3) is 0.400. The Morgan fingerprint density at radius 2 is 2.00 bits per heavy atom. The van der Waals surface area contributed by atoms with Crippen molar-refractivity contribution in [2.75, 3.05) is 12.4 Å².